The van der Waals surface area contributed by atoms with Crippen LogP contribution in [0.2, 0.25) is 0 Å². The fraction of sp³-hybridized carbons (Fsp3) is 0.190. The third-order valence-electron chi connectivity index (χ3n) is 4.33. The van der Waals surface area contributed by atoms with Crippen molar-refractivity contribution in [1.82, 2.24) is 10.9 Å². The number of amides is 2. The van der Waals surface area contributed by atoms with E-state index in [1.54, 1.807) is 36.4 Å². The molecule has 2 amide bonds. The smallest absolute Gasteiger partial charge is 0.285 e. The van der Waals surface area contributed by atoms with Gasteiger partial charge < -0.3 is 4.74 Å². The van der Waals surface area contributed by atoms with Crippen molar-refractivity contribution in [3.05, 3.63) is 60.2 Å². The molecule has 1 unspecified atom stereocenters. The number of nitriles is 1. The monoisotopic (exact) mass is 405 g/mol. The summed E-state index contributed by atoms with van der Waals surface area (Å²) in [5, 5.41) is 14.5. The van der Waals surface area contributed by atoms with E-state index in [0.29, 0.717) is 17.0 Å². The van der Waals surface area contributed by atoms with E-state index in [4.69, 9.17) is 10.00 Å². The highest BCUT2D eigenvalue weighted by Gasteiger charge is 2.34. The lowest BCUT2D eigenvalue weighted by Gasteiger charge is -2.20. The van der Waals surface area contributed by atoms with Crippen LogP contribution in [0.4, 0.5) is 5.69 Å². The van der Waals surface area contributed by atoms with Gasteiger partial charge in [0.25, 0.3) is 11.8 Å². The van der Waals surface area contributed by atoms with Gasteiger partial charge in [-0.2, -0.15) is 10.4 Å². The molecule has 0 spiro atoms. The Morgan fingerprint density at radius 3 is 2.47 bits per heavy atom. The van der Waals surface area contributed by atoms with Crippen LogP contribution < -0.4 is 20.6 Å². The van der Waals surface area contributed by atoms with Gasteiger partial charge in [0, 0.05) is 6.42 Å². The van der Waals surface area contributed by atoms with Gasteiger partial charge in [-0.1, -0.05) is 18.2 Å². The summed E-state index contributed by atoms with van der Waals surface area (Å²) in [5.41, 5.74) is 5.83. The van der Waals surface area contributed by atoms with E-state index in [0.717, 1.165) is 0 Å². The maximum absolute atomic E-state index is 12.4. The Morgan fingerprint density at radius 2 is 1.83 bits per heavy atom. The second-order valence-corrected chi connectivity index (χ2v) is 6.48. The minimum atomic E-state index is -0.605. The van der Waals surface area contributed by atoms with Gasteiger partial charge in [-0.15, -0.1) is 0 Å². The van der Waals surface area contributed by atoms with Gasteiger partial charge in [0.1, 0.15) is 17.5 Å². The highest BCUT2D eigenvalue weighted by Crippen LogP contribution is 2.24. The van der Waals surface area contributed by atoms with Crippen LogP contribution in [0.5, 0.6) is 5.75 Å². The first-order chi connectivity index (χ1) is 14.5. The number of anilines is 1. The first-order valence-electron chi connectivity index (χ1n) is 9.12. The van der Waals surface area contributed by atoms with Crippen LogP contribution in [0.15, 0.2) is 59.7 Å². The van der Waals surface area contributed by atoms with E-state index in [9.17, 15) is 14.4 Å². The summed E-state index contributed by atoms with van der Waals surface area (Å²) in [6, 6.07) is 16.7. The summed E-state index contributed by atoms with van der Waals surface area (Å²) >= 11 is 0. The van der Waals surface area contributed by atoms with Gasteiger partial charge >= 0.3 is 0 Å². The Kier molecular flexibility index (Phi) is 6.39. The van der Waals surface area contributed by atoms with Crippen molar-refractivity contribution in [3.8, 4) is 11.8 Å². The van der Waals surface area contributed by atoms with Crippen molar-refractivity contribution in [1.29, 1.82) is 5.26 Å². The molecule has 0 bridgehead atoms. The second kappa shape index (κ2) is 9.34. The van der Waals surface area contributed by atoms with Crippen LogP contribution in [0, 0.1) is 11.3 Å². The predicted molar refractivity (Wildman–Crippen MR) is 108 cm³/mol. The SMILES string of the molecule is CC(=O)C1CC(C(=O)NNC(=O)COc2ccc(C#N)cc2)=NN1c1ccccc1. The van der Waals surface area contributed by atoms with Crippen LogP contribution in [-0.2, 0) is 14.4 Å². The molecule has 2 aromatic carbocycles. The maximum Gasteiger partial charge on any atom is 0.285 e. The van der Waals surface area contributed by atoms with E-state index in [1.807, 2.05) is 24.3 Å². The maximum atomic E-state index is 12.4. The van der Waals surface area contributed by atoms with E-state index in [1.165, 1.54) is 11.9 Å². The molecule has 9 nitrogen and oxygen atoms in total. The molecule has 2 N–H and O–H groups in total. The third-order valence-corrected chi connectivity index (χ3v) is 4.33. The van der Waals surface area contributed by atoms with Crippen molar-refractivity contribution in [3.63, 3.8) is 0 Å². The average molecular weight is 405 g/mol. The summed E-state index contributed by atoms with van der Waals surface area (Å²) in [6.45, 7) is 1.12. The normalized spacial score (nSPS) is 15.0. The molecule has 3 rings (SSSR count). The molecule has 2 aromatic rings. The topological polar surface area (TPSA) is 124 Å². The number of para-hydroxylation sites is 1. The number of hydrazone groups is 1. The fourth-order valence-electron chi connectivity index (χ4n) is 2.79. The van der Waals surface area contributed by atoms with Gasteiger partial charge in [-0.05, 0) is 43.3 Å². The van der Waals surface area contributed by atoms with Gasteiger partial charge in [-0.3, -0.25) is 30.2 Å². The molecule has 1 aliphatic heterocycles. The predicted octanol–water partition coefficient (Wildman–Crippen LogP) is 1.31. The number of carbonyl (C=O) groups excluding carboxylic acids is 3. The average Bonchev–Trinajstić information content (AvgIpc) is 3.23. The molecule has 30 heavy (non-hydrogen) atoms. The number of carbonyl (C=O) groups is 3. The molecule has 0 aliphatic carbocycles. The molecule has 1 aliphatic rings. The largest absolute Gasteiger partial charge is 0.484 e. The molecule has 0 aromatic heterocycles. The molecule has 0 saturated heterocycles. The van der Waals surface area contributed by atoms with E-state index in [-0.39, 0.29) is 24.5 Å². The number of hydrogen-bond acceptors (Lipinski definition) is 7. The highest BCUT2D eigenvalue weighted by molar-refractivity contribution is 6.40. The molecule has 9 heteroatoms. The van der Waals surface area contributed by atoms with Gasteiger partial charge in [-0.25, -0.2) is 0 Å². The van der Waals surface area contributed by atoms with Crippen LogP contribution in [0.1, 0.15) is 18.9 Å². The van der Waals surface area contributed by atoms with E-state index < -0.39 is 17.9 Å². The Bertz CT molecular complexity index is 1010. The number of hydrogen-bond donors (Lipinski definition) is 2. The van der Waals surface area contributed by atoms with Crippen LogP contribution in [0.25, 0.3) is 0 Å². The van der Waals surface area contributed by atoms with Crippen LogP contribution in [0.3, 0.4) is 0 Å². The zero-order valence-corrected chi connectivity index (χ0v) is 16.2. The van der Waals surface area contributed by atoms with Crippen LogP contribution in [-0.4, -0.2) is 36.0 Å². The summed E-state index contributed by atoms with van der Waals surface area (Å²) < 4.78 is 5.29. The molecule has 152 valence electrons. The number of ether oxygens (including phenoxy) is 1. The zero-order valence-electron chi connectivity index (χ0n) is 16.2. The number of nitrogens with zero attached hydrogens (tertiary/aromatic N) is 3. The lowest BCUT2D eigenvalue weighted by molar-refractivity contribution is -0.127. The minimum Gasteiger partial charge on any atom is -0.484 e. The second-order valence-electron chi connectivity index (χ2n) is 6.48. The Balaban J connectivity index is 1.54. The molecular formula is C21H19N5O4. The fourth-order valence-corrected chi connectivity index (χ4v) is 2.79. The van der Waals surface area contributed by atoms with E-state index >= 15 is 0 Å². The summed E-state index contributed by atoms with van der Waals surface area (Å²) in [4.78, 5) is 36.3. The lowest BCUT2D eigenvalue weighted by atomic mass is 10.1. The summed E-state index contributed by atoms with van der Waals surface area (Å²) in [5.74, 6) is -0.885. The van der Waals surface area contributed by atoms with Gasteiger partial charge in [0.2, 0.25) is 0 Å². The summed E-state index contributed by atoms with van der Waals surface area (Å²) in [7, 11) is 0. The number of hydrazine groups is 1. The van der Waals surface area contributed by atoms with Crippen molar-refractivity contribution in [2.75, 3.05) is 11.6 Å². The number of nitrogens with one attached hydrogen (secondary N) is 2. The Morgan fingerprint density at radius 1 is 1.13 bits per heavy atom. The molecule has 0 fully saturated rings. The van der Waals surface area contributed by atoms with Crippen LogP contribution >= 0.6 is 0 Å². The third kappa shape index (κ3) is 4.99. The highest BCUT2D eigenvalue weighted by atomic mass is 16.5. The van der Waals surface area contributed by atoms with Crippen molar-refractivity contribution >= 4 is 29.0 Å². The first kappa shape index (κ1) is 20.5. The number of ketones is 1. The summed E-state index contributed by atoms with van der Waals surface area (Å²) in [6.07, 6.45) is 0.133. The van der Waals surface area contributed by atoms with Crippen molar-refractivity contribution < 1.29 is 19.1 Å². The minimum absolute atomic E-state index is 0.120. The van der Waals surface area contributed by atoms with Crippen molar-refractivity contribution in [2.24, 2.45) is 5.10 Å². The Labute approximate surface area is 172 Å². The Hall–Kier alpha value is -4.19. The first-order valence-corrected chi connectivity index (χ1v) is 9.12. The quantitative estimate of drug-likeness (QED) is 0.699. The van der Waals surface area contributed by atoms with E-state index in [2.05, 4.69) is 16.0 Å². The van der Waals surface area contributed by atoms with Gasteiger partial charge in [0.15, 0.2) is 12.4 Å². The molecule has 1 heterocycles. The molecule has 0 radical (unpaired) electrons. The molecule has 0 saturated carbocycles. The number of benzene rings is 2. The molecule has 1 atom stereocenters. The lowest BCUT2D eigenvalue weighted by Crippen LogP contribution is -2.46. The molecular weight excluding hydrogens is 386 g/mol. The van der Waals surface area contributed by atoms with Gasteiger partial charge in [0.05, 0.1) is 17.3 Å². The number of rotatable bonds is 6. The standard InChI is InChI=1S/C21H19N5O4/c1-14(27)19-11-18(25-26(19)16-5-3-2-4-6-16)21(29)24-23-20(28)13-30-17-9-7-15(12-22)8-10-17/h2-10,19H,11,13H2,1H3,(H,23,28)(H,24,29). The number of Topliss-reactive ketones (excluding diaryl/α,β-unsaturated/α-hetero) is 1. The van der Waals surface area contributed by atoms with Crippen molar-refractivity contribution in [2.45, 2.75) is 19.4 Å². The zero-order chi connectivity index (χ0) is 21.5.